The number of amides is 2. The number of aromatic nitrogens is 1. The Hall–Kier alpha value is -2.21. The lowest BCUT2D eigenvalue weighted by Gasteiger charge is -2.21. The van der Waals surface area contributed by atoms with Crippen LogP contribution >= 0.6 is 0 Å². The molecule has 6 heteroatoms. The molecule has 0 aromatic carbocycles. The highest BCUT2D eigenvalue weighted by Gasteiger charge is 2.27. The minimum Gasteiger partial charge on any atom is -0.463 e. The van der Waals surface area contributed by atoms with Crippen LogP contribution in [-0.2, 0) is 12.1 Å². The van der Waals surface area contributed by atoms with Gasteiger partial charge in [-0.25, -0.2) is 4.79 Å². The second-order valence-electron chi connectivity index (χ2n) is 5.21. The minimum atomic E-state index is -1.23. The summed E-state index contributed by atoms with van der Waals surface area (Å²) in [6.07, 6.45) is 3.87. The molecule has 114 valence electrons. The molecule has 2 aromatic rings. The molecular formula is C15H21N3O3. The molecule has 0 saturated heterocycles. The zero-order chi connectivity index (χ0) is 15.3. The molecule has 1 unspecified atom stereocenters. The van der Waals surface area contributed by atoms with Crippen molar-refractivity contribution in [2.24, 2.45) is 0 Å². The van der Waals surface area contributed by atoms with E-state index < -0.39 is 5.60 Å². The fourth-order valence-corrected chi connectivity index (χ4v) is 1.94. The summed E-state index contributed by atoms with van der Waals surface area (Å²) in [5, 5.41) is 15.7. The molecule has 0 bridgehead atoms. The van der Waals surface area contributed by atoms with Gasteiger partial charge in [-0.3, -0.25) is 0 Å². The van der Waals surface area contributed by atoms with Crippen molar-refractivity contribution in [3.8, 4) is 0 Å². The Morgan fingerprint density at radius 2 is 2.05 bits per heavy atom. The number of urea groups is 1. The van der Waals surface area contributed by atoms with Gasteiger partial charge in [0.2, 0.25) is 0 Å². The molecular weight excluding hydrogens is 270 g/mol. The van der Waals surface area contributed by atoms with Crippen LogP contribution in [0.25, 0.3) is 0 Å². The van der Waals surface area contributed by atoms with Gasteiger partial charge in [0.1, 0.15) is 17.1 Å². The highest BCUT2D eigenvalue weighted by atomic mass is 16.4. The van der Waals surface area contributed by atoms with Crippen molar-refractivity contribution in [3.05, 3.63) is 48.2 Å². The SMILES string of the molecule is Cc1ccc(C(C)(O)CNC(=O)NCCn2cccc2)o1. The predicted octanol–water partition coefficient (Wildman–Crippen LogP) is 1.60. The number of hydrogen-bond donors (Lipinski definition) is 3. The van der Waals surface area contributed by atoms with Crippen LogP contribution in [0, 0.1) is 6.92 Å². The van der Waals surface area contributed by atoms with E-state index >= 15 is 0 Å². The van der Waals surface area contributed by atoms with Crippen LogP contribution in [-0.4, -0.2) is 28.8 Å². The molecule has 6 nitrogen and oxygen atoms in total. The largest absolute Gasteiger partial charge is 0.463 e. The lowest BCUT2D eigenvalue weighted by atomic mass is 10.0. The van der Waals surface area contributed by atoms with Crippen LogP contribution in [0.5, 0.6) is 0 Å². The average molecular weight is 291 g/mol. The molecule has 2 aromatic heterocycles. The summed E-state index contributed by atoms with van der Waals surface area (Å²) in [6, 6.07) is 7.04. The number of carbonyl (C=O) groups is 1. The van der Waals surface area contributed by atoms with Crippen LogP contribution in [0.2, 0.25) is 0 Å². The molecule has 3 N–H and O–H groups in total. The van der Waals surface area contributed by atoms with Gasteiger partial charge < -0.3 is 24.7 Å². The predicted molar refractivity (Wildman–Crippen MR) is 78.8 cm³/mol. The molecule has 0 saturated carbocycles. The van der Waals surface area contributed by atoms with E-state index in [-0.39, 0.29) is 12.6 Å². The summed E-state index contributed by atoms with van der Waals surface area (Å²) in [6.45, 7) is 4.71. The van der Waals surface area contributed by atoms with E-state index in [1.807, 2.05) is 29.1 Å². The van der Waals surface area contributed by atoms with Crippen molar-refractivity contribution in [1.82, 2.24) is 15.2 Å². The third-order valence-corrected chi connectivity index (χ3v) is 3.19. The van der Waals surface area contributed by atoms with E-state index in [0.29, 0.717) is 18.8 Å². The first-order valence-electron chi connectivity index (χ1n) is 6.89. The summed E-state index contributed by atoms with van der Waals surface area (Å²) in [5.41, 5.74) is -1.23. The maximum atomic E-state index is 11.7. The first kappa shape index (κ1) is 15.2. The molecule has 1 atom stereocenters. The summed E-state index contributed by atoms with van der Waals surface area (Å²) in [7, 11) is 0. The summed E-state index contributed by atoms with van der Waals surface area (Å²) >= 11 is 0. The fraction of sp³-hybridized carbons (Fsp3) is 0.400. The molecule has 2 heterocycles. The molecule has 0 aliphatic rings. The van der Waals surface area contributed by atoms with Gasteiger partial charge in [-0.15, -0.1) is 0 Å². The maximum absolute atomic E-state index is 11.7. The number of nitrogens with one attached hydrogen (secondary N) is 2. The fourth-order valence-electron chi connectivity index (χ4n) is 1.94. The molecule has 0 spiro atoms. The quantitative estimate of drug-likeness (QED) is 0.756. The van der Waals surface area contributed by atoms with E-state index in [1.165, 1.54) is 0 Å². The number of hydrogen-bond acceptors (Lipinski definition) is 3. The monoisotopic (exact) mass is 291 g/mol. The summed E-state index contributed by atoms with van der Waals surface area (Å²) < 4.78 is 7.36. The van der Waals surface area contributed by atoms with Crippen molar-refractivity contribution >= 4 is 6.03 Å². The molecule has 0 fully saturated rings. The normalized spacial score (nSPS) is 13.7. The maximum Gasteiger partial charge on any atom is 0.314 e. The Morgan fingerprint density at radius 3 is 2.67 bits per heavy atom. The zero-order valence-corrected chi connectivity index (χ0v) is 12.3. The second-order valence-corrected chi connectivity index (χ2v) is 5.21. The van der Waals surface area contributed by atoms with Gasteiger partial charge in [-0.1, -0.05) is 0 Å². The first-order valence-corrected chi connectivity index (χ1v) is 6.89. The summed E-state index contributed by atoms with van der Waals surface area (Å²) in [5.74, 6) is 1.16. The number of furan rings is 1. The van der Waals surface area contributed by atoms with Gasteiger partial charge in [0, 0.05) is 25.5 Å². The number of aryl methyl sites for hydroxylation is 1. The second kappa shape index (κ2) is 6.49. The van der Waals surface area contributed by atoms with E-state index in [0.717, 1.165) is 5.76 Å². The topological polar surface area (TPSA) is 79.4 Å². The molecule has 21 heavy (non-hydrogen) atoms. The third-order valence-electron chi connectivity index (χ3n) is 3.19. The van der Waals surface area contributed by atoms with Gasteiger partial charge in [0.15, 0.2) is 0 Å². The smallest absolute Gasteiger partial charge is 0.314 e. The van der Waals surface area contributed by atoms with Crippen molar-refractivity contribution < 1.29 is 14.3 Å². The van der Waals surface area contributed by atoms with Crippen molar-refractivity contribution in [2.75, 3.05) is 13.1 Å². The van der Waals surface area contributed by atoms with E-state index in [9.17, 15) is 9.90 Å². The number of aliphatic hydroxyl groups is 1. The zero-order valence-electron chi connectivity index (χ0n) is 12.3. The highest BCUT2D eigenvalue weighted by molar-refractivity contribution is 5.73. The van der Waals surface area contributed by atoms with Crippen molar-refractivity contribution in [1.29, 1.82) is 0 Å². The molecule has 2 amide bonds. The third kappa shape index (κ3) is 4.39. The standard InChI is InChI=1S/C15H21N3O3/c1-12-5-6-13(21-12)15(2,20)11-17-14(19)16-7-10-18-8-3-4-9-18/h3-6,8-9,20H,7,10-11H2,1-2H3,(H2,16,17,19). The Bertz CT molecular complexity index is 573. The van der Waals surface area contributed by atoms with E-state index in [2.05, 4.69) is 10.6 Å². The average Bonchev–Trinajstić information content (AvgIpc) is 3.08. The van der Waals surface area contributed by atoms with Crippen molar-refractivity contribution in [2.45, 2.75) is 26.0 Å². The Balaban J connectivity index is 1.73. The molecule has 0 aliphatic carbocycles. The van der Waals surface area contributed by atoms with Crippen LogP contribution in [0.1, 0.15) is 18.4 Å². The van der Waals surface area contributed by atoms with Gasteiger partial charge in [-0.2, -0.15) is 0 Å². The van der Waals surface area contributed by atoms with Gasteiger partial charge in [-0.05, 0) is 38.1 Å². The van der Waals surface area contributed by atoms with Crippen LogP contribution in [0.3, 0.4) is 0 Å². The van der Waals surface area contributed by atoms with Crippen LogP contribution in [0.4, 0.5) is 4.79 Å². The Kier molecular flexibility index (Phi) is 4.70. The highest BCUT2D eigenvalue weighted by Crippen LogP contribution is 2.21. The Morgan fingerprint density at radius 1 is 1.33 bits per heavy atom. The lowest BCUT2D eigenvalue weighted by Crippen LogP contribution is -2.44. The number of rotatable bonds is 6. The summed E-state index contributed by atoms with van der Waals surface area (Å²) in [4.78, 5) is 11.7. The lowest BCUT2D eigenvalue weighted by molar-refractivity contribution is 0.0360. The minimum absolute atomic E-state index is 0.0787. The number of carbonyl (C=O) groups excluding carboxylic acids is 1. The van der Waals surface area contributed by atoms with Crippen molar-refractivity contribution in [3.63, 3.8) is 0 Å². The Labute approximate surface area is 123 Å². The van der Waals surface area contributed by atoms with Gasteiger partial charge >= 0.3 is 6.03 Å². The number of nitrogens with zero attached hydrogens (tertiary/aromatic N) is 1. The van der Waals surface area contributed by atoms with E-state index in [4.69, 9.17) is 4.42 Å². The van der Waals surface area contributed by atoms with Gasteiger partial charge in [0.05, 0.1) is 6.54 Å². The molecule has 2 rings (SSSR count). The van der Waals surface area contributed by atoms with Crippen LogP contribution < -0.4 is 10.6 Å². The first-order chi connectivity index (χ1) is 9.97. The molecule has 0 radical (unpaired) electrons. The molecule has 0 aliphatic heterocycles. The van der Waals surface area contributed by atoms with Crippen LogP contribution in [0.15, 0.2) is 41.1 Å². The van der Waals surface area contributed by atoms with Gasteiger partial charge in [0.25, 0.3) is 0 Å². The van der Waals surface area contributed by atoms with E-state index in [1.54, 1.807) is 26.0 Å².